The molecule has 1 saturated carbocycles. The third-order valence-corrected chi connectivity index (χ3v) is 7.13. The Morgan fingerprint density at radius 2 is 1.96 bits per heavy atom. The van der Waals surface area contributed by atoms with E-state index in [0.29, 0.717) is 5.56 Å². The lowest BCUT2D eigenvalue weighted by Crippen LogP contribution is -2.62. The van der Waals surface area contributed by atoms with Gasteiger partial charge in [0.1, 0.15) is 5.03 Å². The number of rotatable bonds is 5. The first-order chi connectivity index (χ1) is 13.1. The number of carbonyl (C=O) groups excluding carboxylic acids is 1. The van der Waals surface area contributed by atoms with Crippen LogP contribution < -0.4 is 5.32 Å². The second-order valence-corrected chi connectivity index (χ2v) is 8.60. The highest BCUT2D eigenvalue weighted by atomic mass is 32.2. The van der Waals surface area contributed by atoms with Crippen molar-refractivity contribution >= 4 is 17.7 Å². The molecule has 1 aromatic heterocycles. The second-order valence-electron chi connectivity index (χ2n) is 7.80. The lowest BCUT2D eigenvalue weighted by atomic mass is 9.66. The third-order valence-electron chi connectivity index (χ3n) is 6.42. The van der Waals surface area contributed by atoms with E-state index in [0.717, 1.165) is 30.3 Å². The number of thioether (sulfide) groups is 1. The largest absolute Gasteiger partial charge is 0.343 e. The second kappa shape index (κ2) is 7.64. The summed E-state index contributed by atoms with van der Waals surface area (Å²) in [5, 5.41) is 4.18. The topological polar surface area (TPSA) is 45.2 Å². The Morgan fingerprint density at radius 1 is 1.22 bits per heavy atom. The molecule has 2 bridgehead atoms. The van der Waals surface area contributed by atoms with Crippen LogP contribution in [0, 0.1) is 5.92 Å². The number of pyridine rings is 1. The Hall–Kier alpha value is -1.85. The first-order valence-electron chi connectivity index (χ1n) is 9.70. The Morgan fingerprint density at radius 3 is 2.63 bits per heavy atom. The van der Waals surface area contributed by atoms with Gasteiger partial charge in [0.05, 0.1) is 11.6 Å². The van der Waals surface area contributed by atoms with Crippen molar-refractivity contribution in [3.05, 3.63) is 59.8 Å². The Bertz CT molecular complexity index is 802. The highest BCUT2D eigenvalue weighted by Gasteiger charge is 2.50. The lowest BCUT2D eigenvalue weighted by Gasteiger charge is -2.57. The number of piperidine rings is 2. The zero-order valence-corrected chi connectivity index (χ0v) is 16.8. The van der Waals surface area contributed by atoms with E-state index in [2.05, 4.69) is 46.5 Å². The first kappa shape index (κ1) is 18.5. The number of benzene rings is 1. The zero-order chi connectivity index (χ0) is 18.9. The summed E-state index contributed by atoms with van der Waals surface area (Å²) in [4.78, 5) is 20.1. The molecule has 1 amide bonds. The molecule has 3 heterocycles. The molecule has 27 heavy (non-hydrogen) atoms. The average Bonchev–Trinajstić information content (AvgIpc) is 2.73. The van der Waals surface area contributed by atoms with Gasteiger partial charge in [0, 0.05) is 18.3 Å². The van der Waals surface area contributed by atoms with Gasteiger partial charge < -0.3 is 5.32 Å². The average molecular weight is 382 g/mol. The fourth-order valence-electron chi connectivity index (χ4n) is 4.93. The number of hydrogen-bond acceptors (Lipinski definition) is 4. The van der Waals surface area contributed by atoms with Gasteiger partial charge in [-0.3, -0.25) is 9.69 Å². The van der Waals surface area contributed by atoms with Crippen LogP contribution >= 0.6 is 11.8 Å². The lowest BCUT2D eigenvalue weighted by molar-refractivity contribution is -0.0404. The molecule has 0 radical (unpaired) electrons. The number of carbonyl (C=O) groups is 1. The minimum absolute atomic E-state index is 0.00646. The van der Waals surface area contributed by atoms with Crippen LogP contribution in [0.4, 0.5) is 0 Å². The predicted molar refractivity (Wildman–Crippen MR) is 110 cm³/mol. The molecule has 3 aliphatic rings. The summed E-state index contributed by atoms with van der Waals surface area (Å²) in [6.45, 7) is 1.13. The van der Waals surface area contributed by atoms with Crippen LogP contribution in [0.1, 0.15) is 47.6 Å². The van der Waals surface area contributed by atoms with Crippen LogP contribution in [-0.4, -0.2) is 41.2 Å². The molecule has 0 spiro atoms. The summed E-state index contributed by atoms with van der Waals surface area (Å²) >= 11 is 1.51. The Kier molecular flexibility index (Phi) is 5.24. The minimum Gasteiger partial charge on any atom is -0.343 e. The van der Waals surface area contributed by atoms with Crippen molar-refractivity contribution in [3.63, 3.8) is 0 Å². The maximum Gasteiger partial charge on any atom is 0.254 e. The van der Waals surface area contributed by atoms with Crippen molar-refractivity contribution in [2.45, 2.75) is 42.3 Å². The summed E-state index contributed by atoms with van der Waals surface area (Å²) in [6.07, 6.45) is 8.49. The van der Waals surface area contributed by atoms with Gasteiger partial charge in [-0.25, -0.2) is 4.98 Å². The van der Waals surface area contributed by atoms with Crippen molar-refractivity contribution in [2.24, 2.45) is 5.92 Å². The van der Waals surface area contributed by atoms with E-state index in [1.165, 1.54) is 30.2 Å². The number of nitrogens with zero attached hydrogens (tertiary/aromatic N) is 2. The molecule has 4 nitrogen and oxygen atoms in total. The van der Waals surface area contributed by atoms with Crippen LogP contribution in [0.5, 0.6) is 0 Å². The summed E-state index contributed by atoms with van der Waals surface area (Å²) in [5.41, 5.74) is 1.84. The summed E-state index contributed by atoms with van der Waals surface area (Å²) in [5.74, 6) is 0.780. The van der Waals surface area contributed by atoms with Crippen LogP contribution in [0.15, 0.2) is 53.7 Å². The molecular weight excluding hydrogens is 354 g/mol. The van der Waals surface area contributed by atoms with E-state index in [1.54, 1.807) is 6.20 Å². The fraction of sp³-hybridized carbons (Fsp3) is 0.455. The minimum atomic E-state index is -0.0308. The van der Waals surface area contributed by atoms with E-state index in [-0.39, 0.29) is 17.5 Å². The van der Waals surface area contributed by atoms with Gasteiger partial charge >= 0.3 is 0 Å². The molecule has 1 aliphatic carbocycles. The van der Waals surface area contributed by atoms with E-state index >= 15 is 0 Å². The summed E-state index contributed by atoms with van der Waals surface area (Å²) < 4.78 is 0. The fourth-order valence-corrected chi connectivity index (χ4v) is 5.48. The van der Waals surface area contributed by atoms with Crippen LogP contribution in [0.25, 0.3) is 0 Å². The Labute approximate surface area is 165 Å². The van der Waals surface area contributed by atoms with Gasteiger partial charge in [-0.2, -0.15) is 0 Å². The maximum absolute atomic E-state index is 13.2. The molecule has 2 saturated heterocycles. The van der Waals surface area contributed by atoms with Crippen molar-refractivity contribution in [1.82, 2.24) is 15.2 Å². The van der Waals surface area contributed by atoms with E-state index in [9.17, 15) is 4.79 Å². The standard InChI is InChI=1S/C22H27N3OS/c1-25-15-16-10-12-22(25,13-11-16)19(17-7-4-3-5-8-17)24-20(26)18-9-6-14-23-21(18)27-2/h3-9,14,16,19H,10-13,15H2,1-2H3,(H,24,26)/t16?,19-,22?/m1/s1. The van der Waals surface area contributed by atoms with Crippen molar-refractivity contribution in [1.29, 1.82) is 0 Å². The first-order valence-corrected chi connectivity index (χ1v) is 10.9. The third kappa shape index (κ3) is 3.39. The van der Waals surface area contributed by atoms with Crippen molar-refractivity contribution in [3.8, 4) is 0 Å². The normalized spacial score (nSPS) is 25.9. The number of aromatic nitrogens is 1. The van der Waals surface area contributed by atoms with Gasteiger partial charge in [-0.1, -0.05) is 30.3 Å². The van der Waals surface area contributed by atoms with Gasteiger partial charge in [0.15, 0.2) is 0 Å². The predicted octanol–water partition coefficient (Wildman–Crippen LogP) is 4.15. The zero-order valence-electron chi connectivity index (χ0n) is 16.0. The molecule has 5 rings (SSSR count). The quantitative estimate of drug-likeness (QED) is 0.791. The molecular formula is C22H27N3OS. The molecule has 1 N–H and O–H groups in total. The van der Waals surface area contributed by atoms with E-state index in [4.69, 9.17) is 0 Å². The van der Waals surface area contributed by atoms with Gasteiger partial charge in [-0.15, -0.1) is 11.8 Å². The molecule has 1 atom stereocenters. The number of nitrogens with one attached hydrogen (secondary N) is 1. The number of hydrogen-bond donors (Lipinski definition) is 1. The number of likely N-dealkylation sites (N-methyl/N-ethyl adjacent to an activating group) is 1. The summed E-state index contributed by atoms with van der Waals surface area (Å²) in [7, 11) is 2.23. The smallest absolute Gasteiger partial charge is 0.254 e. The molecule has 0 unspecified atom stereocenters. The highest BCUT2D eigenvalue weighted by molar-refractivity contribution is 7.98. The van der Waals surface area contributed by atoms with Crippen LogP contribution in [0.3, 0.4) is 0 Å². The van der Waals surface area contributed by atoms with Crippen LogP contribution in [0.2, 0.25) is 0 Å². The van der Waals surface area contributed by atoms with Crippen molar-refractivity contribution < 1.29 is 4.79 Å². The van der Waals surface area contributed by atoms with Crippen molar-refractivity contribution in [2.75, 3.05) is 19.8 Å². The van der Waals surface area contributed by atoms with Crippen LogP contribution in [-0.2, 0) is 0 Å². The highest BCUT2D eigenvalue weighted by Crippen LogP contribution is 2.49. The van der Waals surface area contributed by atoms with Gasteiger partial charge in [0.25, 0.3) is 5.91 Å². The number of amides is 1. The molecule has 2 aromatic rings. The SMILES string of the molecule is CSc1ncccc1C(=O)N[C@H](c1ccccc1)C12CCC(CC1)CN2C. The van der Waals surface area contributed by atoms with E-state index < -0.39 is 0 Å². The molecule has 142 valence electrons. The maximum atomic E-state index is 13.2. The number of fused-ring (bicyclic) bond motifs is 3. The molecule has 3 fully saturated rings. The monoisotopic (exact) mass is 381 g/mol. The Balaban J connectivity index is 1.70. The van der Waals surface area contributed by atoms with E-state index in [1.807, 2.05) is 24.5 Å². The van der Waals surface area contributed by atoms with Gasteiger partial charge in [-0.05, 0) is 62.6 Å². The molecule has 2 aliphatic heterocycles. The summed E-state index contributed by atoms with van der Waals surface area (Å²) in [6, 6.07) is 14.1. The molecule has 5 heteroatoms. The molecule has 1 aromatic carbocycles. The van der Waals surface area contributed by atoms with Gasteiger partial charge in [0.2, 0.25) is 0 Å².